The lowest BCUT2D eigenvalue weighted by Crippen LogP contribution is -2.10. The molecule has 0 fully saturated rings. The Hall–Kier alpha value is -1.79. The zero-order chi connectivity index (χ0) is 15.3. The average molecular weight is 326 g/mol. The fourth-order valence-electron chi connectivity index (χ4n) is 1.80. The van der Waals surface area contributed by atoms with E-state index >= 15 is 0 Å². The van der Waals surface area contributed by atoms with E-state index in [9.17, 15) is 8.42 Å². The first-order valence-electron chi connectivity index (χ1n) is 6.34. The second kappa shape index (κ2) is 6.78. The van der Waals surface area contributed by atoms with Gasteiger partial charge in [-0.25, -0.2) is 13.4 Å². The summed E-state index contributed by atoms with van der Waals surface area (Å²) in [6.45, 7) is 0.714. The van der Waals surface area contributed by atoms with E-state index in [4.69, 9.17) is 11.6 Å². The van der Waals surface area contributed by atoms with Gasteiger partial charge < -0.3 is 5.32 Å². The highest BCUT2D eigenvalue weighted by Crippen LogP contribution is 2.13. The fourth-order valence-corrected chi connectivity index (χ4v) is 2.56. The van der Waals surface area contributed by atoms with Gasteiger partial charge in [0.05, 0.1) is 18.1 Å². The van der Waals surface area contributed by atoms with Crippen LogP contribution in [0.2, 0.25) is 5.02 Å². The molecular formula is C14H16ClN3O2S. The Kier molecular flexibility index (Phi) is 5.03. The summed E-state index contributed by atoms with van der Waals surface area (Å²) in [5, 5.41) is 3.90. The molecule has 0 bridgehead atoms. The number of nitrogens with one attached hydrogen (secondary N) is 2. The summed E-state index contributed by atoms with van der Waals surface area (Å²) in [5.41, 5.74) is 1.59. The van der Waals surface area contributed by atoms with E-state index in [0.29, 0.717) is 18.1 Å². The van der Waals surface area contributed by atoms with E-state index in [0.717, 1.165) is 23.3 Å². The molecule has 0 aliphatic carbocycles. The highest BCUT2D eigenvalue weighted by atomic mass is 35.5. The fraction of sp³-hybridized carbons (Fsp3) is 0.214. The number of anilines is 2. The molecular weight excluding hydrogens is 310 g/mol. The van der Waals surface area contributed by atoms with Gasteiger partial charge in [-0.1, -0.05) is 23.7 Å². The van der Waals surface area contributed by atoms with Crippen molar-refractivity contribution in [3.05, 3.63) is 53.2 Å². The molecule has 112 valence electrons. The number of nitrogens with zero attached hydrogens (tertiary/aromatic N) is 1. The standard InChI is InChI=1S/C14H16ClN3O2S/c1-21(19,20)18-13-5-6-14(17-10-13)16-8-7-11-3-2-4-12(15)9-11/h2-6,9-10,18H,7-8H2,1H3,(H,16,17). The highest BCUT2D eigenvalue weighted by Gasteiger charge is 2.02. The lowest BCUT2D eigenvalue weighted by molar-refractivity contribution is 0.607. The van der Waals surface area contributed by atoms with Gasteiger partial charge in [0.2, 0.25) is 10.0 Å². The van der Waals surface area contributed by atoms with Crippen molar-refractivity contribution in [2.24, 2.45) is 0 Å². The number of sulfonamides is 1. The molecule has 2 N–H and O–H groups in total. The zero-order valence-electron chi connectivity index (χ0n) is 11.5. The average Bonchev–Trinajstić information content (AvgIpc) is 2.39. The quantitative estimate of drug-likeness (QED) is 0.856. The van der Waals surface area contributed by atoms with Crippen LogP contribution in [0.25, 0.3) is 0 Å². The molecule has 0 atom stereocenters. The summed E-state index contributed by atoms with van der Waals surface area (Å²) in [5.74, 6) is 0.691. The Balaban J connectivity index is 1.86. The topological polar surface area (TPSA) is 71.1 Å². The lowest BCUT2D eigenvalue weighted by atomic mass is 10.1. The molecule has 0 amide bonds. The van der Waals surface area contributed by atoms with Gasteiger partial charge in [0.1, 0.15) is 5.82 Å². The van der Waals surface area contributed by atoms with Crippen LogP contribution in [0.1, 0.15) is 5.56 Å². The van der Waals surface area contributed by atoms with Crippen molar-refractivity contribution in [1.82, 2.24) is 4.98 Å². The molecule has 0 aliphatic rings. The van der Waals surface area contributed by atoms with Gasteiger partial charge in [0.25, 0.3) is 0 Å². The van der Waals surface area contributed by atoms with Gasteiger partial charge in [-0.15, -0.1) is 0 Å². The van der Waals surface area contributed by atoms with Crippen molar-refractivity contribution >= 4 is 33.1 Å². The van der Waals surface area contributed by atoms with Gasteiger partial charge in [0, 0.05) is 11.6 Å². The minimum Gasteiger partial charge on any atom is -0.370 e. The van der Waals surface area contributed by atoms with Crippen molar-refractivity contribution in [3.63, 3.8) is 0 Å². The van der Waals surface area contributed by atoms with Crippen LogP contribution in [-0.4, -0.2) is 26.2 Å². The summed E-state index contributed by atoms with van der Waals surface area (Å²) in [6.07, 6.45) is 3.40. The van der Waals surface area contributed by atoms with Gasteiger partial charge in [-0.2, -0.15) is 0 Å². The number of rotatable bonds is 6. The third-order valence-electron chi connectivity index (χ3n) is 2.68. The van der Waals surface area contributed by atoms with Crippen LogP contribution in [0, 0.1) is 0 Å². The molecule has 5 nitrogen and oxygen atoms in total. The Morgan fingerprint density at radius 1 is 1.24 bits per heavy atom. The summed E-state index contributed by atoms with van der Waals surface area (Å²) >= 11 is 5.92. The maximum Gasteiger partial charge on any atom is 0.229 e. The van der Waals surface area contributed by atoms with E-state index in [1.807, 2.05) is 24.3 Å². The number of aromatic nitrogens is 1. The number of hydrogen-bond acceptors (Lipinski definition) is 4. The Morgan fingerprint density at radius 3 is 2.67 bits per heavy atom. The molecule has 1 aromatic carbocycles. The minimum atomic E-state index is -3.27. The second-order valence-electron chi connectivity index (χ2n) is 4.61. The minimum absolute atomic E-state index is 0.442. The van der Waals surface area contributed by atoms with Crippen molar-refractivity contribution < 1.29 is 8.42 Å². The Morgan fingerprint density at radius 2 is 2.05 bits per heavy atom. The van der Waals surface area contributed by atoms with E-state index in [1.54, 1.807) is 12.1 Å². The van der Waals surface area contributed by atoms with E-state index in [2.05, 4.69) is 15.0 Å². The van der Waals surface area contributed by atoms with Crippen LogP contribution in [0.5, 0.6) is 0 Å². The Labute approximate surface area is 129 Å². The van der Waals surface area contributed by atoms with Crippen LogP contribution in [-0.2, 0) is 16.4 Å². The molecule has 21 heavy (non-hydrogen) atoms. The lowest BCUT2D eigenvalue weighted by Gasteiger charge is -2.07. The molecule has 0 aliphatic heterocycles. The molecule has 7 heteroatoms. The van der Waals surface area contributed by atoms with E-state index in [-0.39, 0.29) is 0 Å². The summed E-state index contributed by atoms with van der Waals surface area (Å²) < 4.78 is 24.5. The monoisotopic (exact) mass is 325 g/mol. The number of hydrogen-bond donors (Lipinski definition) is 2. The van der Waals surface area contributed by atoms with Gasteiger partial charge >= 0.3 is 0 Å². The molecule has 0 radical (unpaired) electrons. The summed E-state index contributed by atoms with van der Waals surface area (Å²) in [7, 11) is -3.27. The van der Waals surface area contributed by atoms with Gasteiger partial charge in [0.15, 0.2) is 0 Å². The number of pyridine rings is 1. The molecule has 1 aromatic heterocycles. The highest BCUT2D eigenvalue weighted by molar-refractivity contribution is 7.92. The van der Waals surface area contributed by atoms with Crippen molar-refractivity contribution in [3.8, 4) is 0 Å². The van der Waals surface area contributed by atoms with Crippen molar-refractivity contribution in [2.45, 2.75) is 6.42 Å². The normalized spacial score (nSPS) is 11.1. The first-order chi connectivity index (χ1) is 9.92. The summed E-state index contributed by atoms with van der Waals surface area (Å²) in [6, 6.07) is 11.1. The maximum atomic E-state index is 11.1. The van der Waals surface area contributed by atoms with Gasteiger partial charge in [-0.3, -0.25) is 4.72 Å². The SMILES string of the molecule is CS(=O)(=O)Nc1ccc(NCCc2cccc(Cl)c2)nc1. The molecule has 1 heterocycles. The first kappa shape index (κ1) is 15.6. The molecule has 0 spiro atoms. The molecule has 0 saturated carbocycles. The predicted octanol–water partition coefficient (Wildman–Crippen LogP) is 2.76. The van der Waals surface area contributed by atoms with Crippen molar-refractivity contribution in [2.75, 3.05) is 22.8 Å². The van der Waals surface area contributed by atoms with E-state index < -0.39 is 10.0 Å². The van der Waals surface area contributed by atoms with Crippen LogP contribution < -0.4 is 10.0 Å². The first-order valence-corrected chi connectivity index (χ1v) is 8.61. The van der Waals surface area contributed by atoms with Crippen molar-refractivity contribution in [1.29, 1.82) is 0 Å². The molecule has 2 aromatic rings. The zero-order valence-corrected chi connectivity index (χ0v) is 13.1. The maximum absolute atomic E-state index is 11.1. The molecule has 0 unspecified atom stereocenters. The van der Waals surface area contributed by atoms with Crippen LogP contribution in [0.15, 0.2) is 42.6 Å². The summed E-state index contributed by atoms with van der Waals surface area (Å²) in [4.78, 5) is 4.15. The van der Waals surface area contributed by atoms with Crippen LogP contribution in [0.3, 0.4) is 0 Å². The Bertz CT molecular complexity index is 702. The number of benzene rings is 1. The second-order valence-corrected chi connectivity index (χ2v) is 6.80. The van der Waals surface area contributed by atoms with Crippen LogP contribution in [0.4, 0.5) is 11.5 Å². The van der Waals surface area contributed by atoms with E-state index in [1.165, 1.54) is 6.20 Å². The number of halogens is 1. The molecule has 0 saturated heterocycles. The predicted molar refractivity (Wildman–Crippen MR) is 86.3 cm³/mol. The van der Waals surface area contributed by atoms with Gasteiger partial charge in [-0.05, 0) is 36.2 Å². The third kappa shape index (κ3) is 5.61. The largest absolute Gasteiger partial charge is 0.370 e. The van der Waals surface area contributed by atoms with Crippen LogP contribution >= 0.6 is 11.6 Å². The third-order valence-corrected chi connectivity index (χ3v) is 3.52. The smallest absolute Gasteiger partial charge is 0.229 e. The molecule has 2 rings (SSSR count).